The monoisotopic (exact) mass is 290 g/mol. The zero-order valence-electron chi connectivity index (χ0n) is 8.70. The Morgan fingerprint density at radius 1 is 1.67 bits per heavy atom. The smallest absolute Gasteiger partial charge is 0.251 e. The minimum absolute atomic E-state index is 0.0848. The number of H-pyrrole nitrogens is 1. The zero-order valence-corrected chi connectivity index (χ0v) is 11.1. The van der Waals surface area contributed by atoms with E-state index < -0.39 is 0 Å². The van der Waals surface area contributed by atoms with Gasteiger partial charge in [-0.1, -0.05) is 41.0 Å². The Hall–Kier alpha value is -0.290. The topological polar surface area (TPSA) is 45.8 Å². The van der Waals surface area contributed by atoms with E-state index in [9.17, 15) is 4.79 Å². The third-order valence-corrected chi connectivity index (χ3v) is 4.05. The number of alkyl halides is 1. The molecule has 1 heterocycles. The molecule has 0 aliphatic rings. The molecule has 5 heteroatoms. The van der Waals surface area contributed by atoms with Crippen LogP contribution in [-0.4, -0.2) is 21.1 Å². The van der Waals surface area contributed by atoms with E-state index in [0.717, 1.165) is 11.1 Å². The summed E-state index contributed by atoms with van der Waals surface area (Å²) in [5, 5.41) is 1.72. The molecule has 1 aromatic heterocycles. The fraction of sp³-hybridized carbons (Fsp3) is 0.600. The number of aromatic nitrogens is 2. The molecule has 1 aromatic rings. The molecule has 1 N–H and O–H groups in total. The summed E-state index contributed by atoms with van der Waals surface area (Å²) >= 11 is 5.11. The Morgan fingerprint density at radius 2 is 2.47 bits per heavy atom. The molecule has 0 saturated heterocycles. The van der Waals surface area contributed by atoms with Crippen molar-refractivity contribution >= 4 is 27.7 Å². The van der Waals surface area contributed by atoms with Gasteiger partial charge in [0.1, 0.15) is 0 Å². The lowest BCUT2D eigenvalue weighted by atomic mass is 10.1. The molecule has 0 saturated carbocycles. The standard InChI is InChI=1S/C10H15BrN2OS/c1-2-3-8(6-11)7-15-10-12-5-4-9(14)13-10/h4-5,8H,2-3,6-7H2,1H3,(H,12,13,14). The second kappa shape index (κ2) is 7.06. The lowest BCUT2D eigenvalue weighted by Gasteiger charge is -2.11. The molecule has 0 aromatic carbocycles. The van der Waals surface area contributed by atoms with Gasteiger partial charge in [-0.3, -0.25) is 4.79 Å². The Morgan fingerprint density at radius 3 is 3.07 bits per heavy atom. The van der Waals surface area contributed by atoms with Crippen molar-refractivity contribution in [2.45, 2.75) is 24.9 Å². The van der Waals surface area contributed by atoms with Crippen LogP contribution >= 0.6 is 27.7 Å². The van der Waals surface area contributed by atoms with Gasteiger partial charge in [-0.25, -0.2) is 4.98 Å². The first-order chi connectivity index (χ1) is 7.26. The van der Waals surface area contributed by atoms with Crippen molar-refractivity contribution in [2.24, 2.45) is 5.92 Å². The van der Waals surface area contributed by atoms with Crippen LogP contribution < -0.4 is 5.56 Å². The molecule has 0 amide bonds. The predicted octanol–water partition coefficient (Wildman–Crippen LogP) is 2.67. The van der Waals surface area contributed by atoms with Gasteiger partial charge in [0.15, 0.2) is 5.16 Å². The number of halogens is 1. The third kappa shape index (κ3) is 4.84. The van der Waals surface area contributed by atoms with E-state index in [4.69, 9.17) is 0 Å². The van der Waals surface area contributed by atoms with Gasteiger partial charge in [-0.05, 0) is 12.3 Å². The van der Waals surface area contributed by atoms with E-state index >= 15 is 0 Å². The summed E-state index contributed by atoms with van der Waals surface area (Å²) in [6.45, 7) is 2.18. The number of thioether (sulfide) groups is 1. The van der Waals surface area contributed by atoms with E-state index in [1.165, 1.54) is 18.9 Å². The summed E-state index contributed by atoms with van der Waals surface area (Å²) in [5.74, 6) is 1.64. The average molecular weight is 291 g/mol. The Kier molecular flexibility index (Phi) is 6.02. The van der Waals surface area contributed by atoms with E-state index in [2.05, 4.69) is 32.8 Å². The molecule has 15 heavy (non-hydrogen) atoms. The number of hydrogen-bond acceptors (Lipinski definition) is 3. The van der Waals surface area contributed by atoms with E-state index in [1.54, 1.807) is 18.0 Å². The Labute approximate surface area is 102 Å². The van der Waals surface area contributed by atoms with Crippen LogP contribution in [0.3, 0.4) is 0 Å². The quantitative estimate of drug-likeness (QED) is 0.498. The minimum atomic E-state index is -0.0848. The average Bonchev–Trinajstić information content (AvgIpc) is 2.24. The van der Waals surface area contributed by atoms with Crippen molar-refractivity contribution < 1.29 is 0 Å². The fourth-order valence-corrected chi connectivity index (χ4v) is 3.08. The van der Waals surface area contributed by atoms with Crippen LogP contribution in [0.15, 0.2) is 22.2 Å². The van der Waals surface area contributed by atoms with Crippen LogP contribution in [0.5, 0.6) is 0 Å². The van der Waals surface area contributed by atoms with Crippen molar-refractivity contribution in [1.29, 1.82) is 0 Å². The van der Waals surface area contributed by atoms with Crippen LogP contribution in [-0.2, 0) is 0 Å². The van der Waals surface area contributed by atoms with Crippen molar-refractivity contribution in [3.63, 3.8) is 0 Å². The summed E-state index contributed by atoms with van der Waals surface area (Å²) in [7, 11) is 0. The van der Waals surface area contributed by atoms with Crippen molar-refractivity contribution in [3.8, 4) is 0 Å². The first kappa shape index (κ1) is 12.8. The van der Waals surface area contributed by atoms with Crippen molar-refractivity contribution in [1.82, 2.24) is 9.97 Å². The molecule has 0 spiro atoms. The maximum absolute atomic E-state index is 11.0. The summed E-state index contributed by atoms with van der Waals surface area (Å²) in [6.07, 6.45) is 3.94. The van der Waals surface area contributed by atoms with Gasteiger partial charge < -0.3 is 4.98 Å². The Bertz CT molecular complexity index is 342. The lowest BCUT2D eigenvalue weighted by molar-refractivity contribution is 0.597. The van der Waals surface area contributed by atoms with Gasteiger partial charge in [0.2, 0.25) is 0 Å². The maximum atomic E-state index is 11.0. The van der Waals surface area contributed by atoms with E-state index in [-0.39, 0.29) is 5.56 Å². The molecule has 1 atom stereocenters. The van der Waals surface area contributed by atoms with Crippen LogP contribution in [0.25, 0.3) is 0 Å². The molecular formula is C10H15BrN2OS. The van der Waals surface area contributed by atoms with Crippen LogP contribution in [0.4, 0.5) is 0 Å². The molecule has 3 nitrogen and oxygen atoms in total. The summed E-state index contributed by atoms with van der Waals surface area (Å²) in [5.41, 5.74) is -0.0848. The van der Waals surface area contributed by atoms with Crippen molar-refractivity contribution in [2.75, 3.05) is 11.1 Å². The summed E-state index contributed by atoms with van der Waals surface area (Å²) < 4.78 is 0. The van der Waals surface area contributed by atoms with Gasteiger partial charge in [0.25, 0.3) is 5.56 Å². The van der Waals surface area contributed by atoms with Crippen LogP contribution in [0, 0.1) is 5.92 Å². The minimum Gasteiger partial charge on any atom is -0.301 e. The maximum Gasteiger partial charge on any atom is 0.251 e. The summed E-state index contributed by atoms with van der Waals surface area (Å²) in [4.78, 5) is 17.8. The van der Waals surface area contributed by atoms with Crippen LogP contribution in [0.1, 0.15) is 19.8 Å². The number of nitrogens with one attached hydrogen (secondary N) is 1. The lowest BCUT2D eigenvalue weighted by Crippen LogP contribution is -2.08. The highest BCUT2D eigenvalue weighted by atomic mass is 79.9. The largest absolute Gasteiger partial charge is 0.301 e. The first-order valence-electron chi connectivity index (χ1n) is 5.00. The second-order valence-electron chi connectivity index (χ2n) is 3.36. The number of rotatable bonds is 6. The van der Waals surface area contributed by atoms with E-state index in [1.807, 2.05) is 0 Å². The molecule has 1 unspecified atom stereocenters. The highest BCUT2D eigenvalue weighted by Crippen LogP contribution is 2.20. The molecule has 0 radical (unpaired) electrons. The molecule has 0 bridgehead atoms. The van der Waals surface area contributed by atoms with Crippen LogP contribution in [0.2, 0.25) is 0 Å². The van der Waals surface area contributed by atoms with Gasteiger partial charge in [0.05, 0.1) is 0 Å². The highest BCUT2D eigenvalue weighted by molar-refractivity contribution is 9.09. The second-order valence-corrected chi connectivity index (χ2v) is 5.02. The molecule has 0 aliphatic heterocycles. The van der Waals surface area contributed by atoms with Gasteiger partial charge in [0, 0.05) is 23.3 Å². The molecule has 0 aliphatic carbocycles. The summed E-state index contributed by atoms with van der Waals surface area (Å²) in [6, 6.07) is 1.43. The normalized spacial score (nSPS) is 12.7. The number of hydrogen-bond donors (Lipinski definition) is 1. The number of aromatic amines is 1. The molecule has 84 valence electrons. The van der Waals surface area contributed by atoms with Crippen molar-refractivity contribution in [3.05, 3.63) is 22.6 Å². The van der Waals surface area contributed by atoms with Gasteiger partial charge in [-0.2, -0.15) is 0 Å². The molecular weight excluding hydrogens is 276 g/mol. The SMILES string of the molecule is CCCC(CBr)CSc1nccc(=O)[nH]1. The van der Waals surface area contributed by atoms with Gasteiger partial charge >= 0.3 is 0 Å². The Balaban J connectivity index is 2.45. The number of nitrogens with zero attached hydrogens (tertiary/aromatic N) is 1. The molecule has 1 rings (SSSR count). The third-order valence-electron chi connectivity index (χ3n) is 2.02. The fourth-order valence-electron chi connectivity index (χ4n) is 1.24. The van der Waals surface area contributed by atoms with E-state index in [0.29, 0.717) is 11.1 Å². The van der Waals surface area contributed by atoms with Gasteiger partial charge in [-0.15, -0.1) is 0 Å². The highest BCUT2D eigenvalue weighted by Gasteiger charge is 2.07. The molecule has 0 fully saturated rings. The predicted molar refractivity (Wildman–Crippen MR) is 67.8 cm³/mol. The zero-order chi connectivity index (χ0) is 11.1. The first-order valence-corrected chi connectivity index (χ1v) is 7.11.